The fraction of sp³-hybridized carbons (Fsp3) is 0.733. The van der Waals surface area contributed by atoms with Crippen LogP contribution >= 0.6 is 15.9 Å². The summed E-state index contributed by atoms with van der Waals surface area (Å²) in [5, 5.41) is 4.11. The van der Waals surface area contributed by atoms with Crippen LogP contribution < -0.4 is 4.74 Å². The van der Waals surface area contributed by atoms with Crippen molar-refractivity contribution in [1.82, 2.24) is 14.7 Å². The molecule has 7 nitrogen and oxygen atoms in total. The predicted molar refractivity (Wildman–Crippen MR) is 88.5 cm³/mol. The van der Waals surface area contributed by atoms with E-state index >= 15 is 0 Å². The molecule has 130 valence electrons. The molecule has 0 aromatic carbocycles. The molecule has 1 aromatic rings. The number of ether oxygens (including phenoxy) is 3. The molecular weight excluding hydrogens is 366 g/mol. The van der Waals surface area contributed by atoms with Crippen LogP contribution in [-0.4, -0.2) is 59.3 Å². The number of aryl methyl sites for hydroxylation is 1. The molecule has 2 rings (SSSR count). The van der Waals surface area contributed by atoms with Gasteiger partial charge in [-0.15, -0.1) is 0 Å². The molecule has 0 saturated carbocycles. The fourth-order valence-electron chi connectivity index (χ4n) is 2.44. The van der Waals surface area contributed by atoms with Crippen LogP contribution in [0.1, 0.15) is 20.8 Å². The van der Waals surface area contributed by atoms with Crippen LogP contribution in [0.2, 0.25) is 0 Å². The van der Waals surface area contributed by atoms with Crippen molar-refractivity contribution in [1.29, 1.82) is 0 Å². The van der Waals surface area contributed by atoms with Gasteiger partial charge in [0.05, 0.1) is 25.5 Å². The minimum atomic E-state index is -0.505. The van der Waals surface area contributed by atoms with E-state index in [0.29, 0.717) is 25.4 Å². The Morgan fingerprint density at radius 1 is 1.43 bits per heavy atom. The first-order chi connectivity index (χ1) is 10.7. The molecule has 0 aliphatic carbocycles. The van der Waals surface area contributed by atoms with Gasteiger partial charge in [-0.25, -0.2) is 4.79 Å². The monoisotopic (exact) mass is 389 g/mol. The highest BCUT2D eigenvalue weighted by atomic mass is 79.9. The Morgan fingerprint density at radius 3 is 2.65 bits per heavy atom. The maximum Gasteiger partial charge on any atom is 0.410 e. The summed E-state index contributed by atoms with van der Waals surface area (Å²) in [5.41, 5.74) is -0.505. The van der Waals surface area contributed by atoms with Crippen LogP contribution in [0.4, 0.5) is 4.79 Å². The zero-order valence-electron chi connectivity index (χ0n) is 14.2. The van der Waals surface area contributed by atoms with E-state index in [1.165, 1.54) is 0 Å². The van der Waals surface area contributed by atoms with E-state index < -0.39 is 5.60 Å². The average molecular weight is 390 g/mol. The lowest BCUT2D eigenvalue weighted by atomic mass is 10.1. The minimum absolute atomic E-state index is 0.0713. The van der Waals surface area contributed by atoms with E-state index in [0.717, 1.165) is 4.60 Å². The number of likely N-dealkylation sites (tertiary alicyclic amines) is 1. The first-order valence-electron chi connectivity index (χ1n) is 7.52. The summed E-state index contributed by atoms with van der Waals surface area (Å²) in [7, 11) is 3.48. The molecule has 0 radical (unpaired) electrons. The fourth-order valence-corrected chi connectivity index (χ4v) is 2.75. The normalized spacial score (nSPS) is 21.6. The summed E-state index contributed by atoms with van der Waals surface area (Å²) in [4.78, 5) is 13.9. The SMILES string of the molecule is CO[C@H]1CN(C(=O)OC(C)(C)C)C[C@@H]1COc1cnn(C)c1Br. The lowest BCUT2D eigenvalue weighted by Crippen LogP contribution is -2.36. The Bertz CT molecular complexity index is 555. The van der Waals surface area contributed by atoms with Gasteiger partial charge in [0.25, 0.3) is 0 Å². The summed E-state index contributed by atoms with van der Waals surface area (Å²) in [6.07, 6.45) is 1.27. The van der Waals surface area contributed by atoms with Gasteiger partial charge in [0.1, 0.15) is 10.2 Å². The van der Waals surface area contributed by atoms with Crippen molar-refractivity contribution in [2.24, 2.45) is 13.0 Å². The average Bonchev–Trinajstić information content (AvgIpc) is 3.00. The van der Waals surface area contributed by atoms with Gasteiger partial charge in [0.2, 0.25) is 0 Å². The van der Waals surface area contributed by atoms with E-state index in [1.807, 2.05) is 27.8 Å². The van der Waals surface area contributed by atoms with E-state index in [2.05, 4.69) is 21.0 Å². The number of aromatic nitrogens is 2. The first kappa shape index (κ1) is 18.1. The first-order valence-corrected chi connectivity index (χ1v) is 8.31. The molecule has 2 atom stereocenters. The molecule has 1 saturated heterocycles. The number of carbonyl (C=O) groups is 1. The van der Waals surface area contributed by atoms with Gasteiger partial charge in [-0.1, -0.05) is 0 Å². The molecule has 1 aromatic heterocycles. The Kier molecular flexibility index (Phi) is 5.57. The predicted octanol–water partition coefficient (Wildman–Crippen LogP) is 2.44. The van der Waals surface area contributed by atoms with E-state index in [-0.39, 0.29) is 18.1 Å². The van der Waals surface area contributed by atoms with Crippen molar-refractivity contribution >= 4 is 22.0 Å². The highest BCUT2D eigenvalue weighted by Crippen LogP contribution is 2.27. The van der Waals surface area contributed by atoms with Crippen molar-refractivity contribution in [2.75, 3.05) is 26.8 Å². The second-order valence-electron chi connectivity index (χ2n) is 6.65. The molecular formula is C15H24BrN3O4. The number of halogens is 1. The third-order valence-electron chi connectivity index (χ3n) is 3.62. The molecule has 1 fully saturated rings. The Morgan fingerprint density at radius 2 is 2.13 bits per heavy atom. The lowest BCUT2D eigenvalue weighted by molar-refractivity contribution is 0.0250. The zero-order chi connectivity index (χ0) is 17.2. The summed E-state index contributed by atoms with van der Waals surface area (Å²) in [5.74, 6) is 0.762. The second kappa shape index (κ2) is 7.09. The maximum atomic E-state index is 12.2. The second-order valence-corrected chi connectivity index (χ2v) is 7.40. The van der Waals surface area contributed by atoms with Gasteiger partial charge < -0.3 is 19.1 Å². The van der Waals surface area contributed by atoms with Gasteiger partial charge in [-0.2, -0.15) is 5.10 Å². The number of amides is 1. The largest absolute Gasteiger partial charge is 0.489 e. The van der Waals surface area contributed by atoms with E-state index in [9.17, 15) is 4.79 Å². The van der Waals surface area contributed by atoms with Crippen LogP contribution in [0.3, 0.4) is 0 Å². The maximum absolute atomic E-state index is 12.2. The molecule has 0 N–H and O–H groups in total. The number of methoxy groups -OCH3 is 1. The summed E-state index contributed by atoms with van der Waals surface area (Å²) < 4.78 is 19.2. The van der Waals surface area contributed by atoms with Gasteiger partial charge in [-0.05, 0) is 36.7 Å². The van der Waals surface area contributed by atoms with Crippen molar-refractivity contribution in [2.45, 2.75) is 32.5 Å². The number of hydrogen-bond donors (Lipinski definition) is 0. The molecule has 0 bridgehead atoms. The number of nitrogens with zero attached hydrogens (tertiary/aromatic N) is 3. The highest BCUT2D eigenvalue weighted by molar-refractivity contribution is 9.10. The Hall–Kier alpha value is -1.28. The summed E-state index contributed by atoms with van der Waals surface area (Å²) in [6, 6.07) is 0. The number of rotatable bonds is 4. The Balaban J connectivity index is 1.94. The zero-order valence-corrected chi connectivity index (χ0v) is 15.8. The quantitative estimate of drug-likeness (QED) is 0.790. The topological polar surface area (TPSA) is 65.8 Å². The third kappa shape index (κ3) is 4.60. The van der Waals surface area contributed by atoms with E-state index in [1.54, 1.807) is 22.9 Å². The molecule has 8 heteroatoms. The van der Waals surface area contributed by atoms with Crippen LogP contribution in [0.25, 0.3) is 0 Å². The highest BCUT2D eigenvalue weighted by Gasteiger charge is 2.37. The molecule has 1 aliphatic heterocycles. The standard InChI is InChI=1S/C15H24BrN3O4/c1-15(2,3)23-14(20)19-7-10(12(8-19)21-5)9-22-11-6-17-18(4)13(11)16/h6,10,12H,7-9H2,1-5H3/t10-,12+/m1/s1. The molecule has 1 amide bonds. The van der Waals surface area contributed by atoms with Gasteiger partial charge in [0, 0.05) is 26.6 Å². The lowest BCUT2D eigenvalue weighted by Gasteiger charge is -2.24. The van der Waals surface area contributed by atoms with Crippen molar-refractivity contribution in [3.63, 3.8) is 0 Å². The van der Waals surface area contributed by atoms with Gasteiger partial charge >= 0.3 is 6.09 Å². The summed E-state index contributed by atoms with van der Waals surface area (Å²) in [6.45, 7) is 7.07. The van der Waals surface area contributed by atoms with Gasteiger partial charge in [-0.3, -0.25) is 4.68 Å². The molecule has 0 spiro atoms. The number of hydrogen-bond acceptors (Lipinski definition) is 5. The molecule has 2 heterocycles. The van der Waals surface area contributed by atoms with Gasteiger partial charge in [0.15, 0.2) is 5.75 Å². The number of carbonyl (C=O) groups excluding carboxylic acids is 1. The van der Waals surface area contributed by atoms with Crippen molar-refractivity contribution in [3.05, 3.63) is 10.8 Å². The van der Waals surface area contributed by atoms with Crippen LogP contribution in [0.5, 0.6) is 5.75 Å². The summed E-state index contributed by atoms with van der Waals surface area (Å²) >= 11 is 3.42. The van der Waals surface area contributed by atoms with Crippen LogP contribution in [0, 0.1) is 5.92 Å². The molecule has 23 heavy (non-hydrogen) atoms. The smallest absolute Gasteiger partial charge is 0.410 e. The van der Waals surface area contributed by atoms with Crippen LogP contribution in [-0.2, 0) is 16.5 Å². The van der Waals surface area contributed by atoms with Crippen molar-refractivity contribution in [3.8, 4) is 5.75 Å². The van der Waals surface area contributed by atoms with E-state index in [4.69, 9.17) is 14.2 Å². The van der Waals surface area contributed by atoms with Crippen LogP contribution in [0.15, 0.2) is 10.8 Å². The van der Waals surface area contributed by atoms with Crippen molar-refractivity contribution < 1.29 is 19.0 Å². The minimum Gasteiger partial charge on any atom is -0.489 e. The molecule has 0 unspecified atom stereocenters. The molecule has 1 aliphatic rings. The third-order valence-corrected chi connectivity index (χ3v) is 4.53. The Labute approximate surface area is 145 Å².